The molecule has 0 aliphatic rings. The molecular weight excluding hydrogens is 387 g/mol. The third-order valence-electron chi connectivity index (χ3n) is 7.15. The van der Waals surface area contributed by atoms with Gasteiger partial charge in [0, 0.05) is 0 Å². The number of rotatable bonds is 8. The van der Waals surface area contributed by atoms with E-state index in [2.05, 4.69) is 105 Å². The molecule has 0 heterocycles. The van der Waals surface area contributed by atoms with Gasteiger partial charge in [-0.2, -0.15) is 0 Å². The van der Waals surface area contributed by atoms with E-state index in [-0.39, 0.29) is 5.41 Å². The topological polar surface area (TPSA) is 37.3 Å². The SMILES string of the molecule is CC(C)(CC[PH](c1ccccc1)(c1ccccc1)c1ccccc1)C(C)(C)C(=O)O. The van der Waals surface area contributed by atoms with E-state index < -0.39 is 18.6 Å². The summed E-state index contributed by atoms with van der Waals surface area (Å²) in [5, 5.41) is 14.0. The van der Waals surface area contributed by atoms with Crippen LogP contribution < -0.4 is 15.9 Å². The van der Waals surface area contributed by atoms with Gasteiger partial charge < -0.3 is 0 Å². The Hall–Kier alpha value is -2.44. The molecule has 0 saturated heterocycles. The van der Waals surface area contributed by atoms with E-state index in [0.717, 1.165) is 12.6 Å². The predicted molar refractivity (Wildman–Crippen MR) is 131 cm³/mol. The molecule has 3 heteroatoms. The first-order chi connectivity index (χ1) is 14.2. The normalized spacial score (nSPS) is 13.1. The van der Waals surface area contributed by atoms with Gasteiger partial charge in [0.05, 0.1) is 0 Å². The number of hydrogen-bond acceptors (Lipinski definition) is 1. The summed E-state index contributed by atoms with van der Waals surface area (Å²) in [6.45, 7) is 7.90. The van der Waals surface area contributed by atoms with Gasteiger partial charge in [0.15, 0.2) is 0 Å². The molecule has 0 aliphatic heterocycles. The first-order valence-electron chi connectivity index (χ1n) is 10.6. The quantitative estimate of drug-likeness (QED) is 0.506. The van der Waals surface area contributed by atoms with Crippen molar-refractivity contribution in [2.24, 2.45) is 10.8 Å². The third-order valence-corrected chi connectivity index (χ3v) is 12.1. The van der Waals surface area contributed by atoms with E-state index in [1.54, 1.807) is 0 Å². The second kappa shape index (κ2) is 8.74. The first kappa shape index (κ1) is 22.2. The fraction of sp³-hybridized carbons (Fsp3) is 0.296. The van der Waals surface area contributed by atoms with Crippen molar-refractivity contribution in [3.63, 3.8) is 0 Å². The molecule has 0 fully saturated rings. The molecule has 3 rings (SSSR count). The van der Waals surface area contributed by atoms with Crippen LogP contribution in [0.4, 0.5) is 0 Å². The Morgan fingerprint density at radius 1 is 0.700 bits per heavy atom. The molecule has 0 spiro atoms. The molecule has 0 atom stereocenters. The van der Waals surface area contributed by atoms with Crippen LogP contribution >= 0.6 is 7.26 Å². The molecule has 30 heavy (non-hydrogen) atoms. The van der Waals surface area contributed by atoms with Crippen LogP contribution in [0.1, 0.15) is 34.1 Å². The summed E-state index contributed by atoms with van der Waals surface area (Å²) in [5.41, 5.74) is -1.16. The van der Waals surface area contributed by atoms with Gasteiger partial charge in [-0.25, -0.2) is 0 Å². The van der Waals surface area contributed by atoms with Gasteiger partial charge in [-0.15, -0.1) is 0 Å². The van der Waals surface area contributed by atoms with Crippen LogP contribution in [0.3, 0.4) is 0 Å². The van der Waals surface area contributed by atoms with E-state index >= 15 is 0 Å². The van der Waals surface area contributed by atoms with Crippen LogP contribution in [0.2, 0.25) is 0 Å². The Bertz CT molecular complexity index is 867. The van der Waals surface area contributed by atoms with E-state index in [4.69, 9.17) is 0 Å². The van der Waals surface area contributed by atoms with Gasteiger partial charge in [-0.3, -0.25) is 0 Å². The van der Waals surface area contributed by atoms with Crippen LogP contribution in [0, 0.1) is 10.8 Å². The summed E-state index contributed by atoms with van der Waals surface area (Å²) in [6.07, 6.45) is 1.78. The van der Waals surface area contributed by atoms with Crippen molar-refractivity contribution in [2.45, 2.75) is 34.1 Å². The molecule has 3 aromatic rings. The molecule has 0 unspecified atom stereocenters. The molecule has 2 nitrogen and oxygen atoms in total. The second-order valence-electron chi connectivity index (χ2n) is 9.32. The number of benzene rings is 3. The third kappa shape index (κ3) is 4.07. The molecule has 0 aliphatic carbocycles. The maximum atomic E-state index is 12.0. The molecule has 3 aromatic carbocycles. The summed E-state index contributed by atoms with van der Waals surface area (Å²) >= 11 is 0. The molecule has 0 saturated carbocycles. The number of carboxylic acid groups (broad SMARTS) is 1. The number of carbonyl (C=O) groups is 1. The summed E-state index contributed by atoms with van der Waals surface area (Å²) < 4.78 is 0. The molecule has 0 amide bonds. The van der Waals surface area contributed by atoms with E-state index in [9.17, 15) is 9.90 Å². The van der Waals surface area contributed by atoms with Crippen LogP contribution in [0.25, 0.3) is 0 Å². The average Bonchev–Trinajstić information content (AvgIpc) is 2.76. The van der Waals surface area contributed by atoms with Crippen molar-refractivity contribution >= 4 is 29.1 Å². The monoisotopic (exact) mass is 420 g/mol. The van der Waals surface area contributed by atoms with E-state index in [1.165, 1.54) is 15.9 Å². The minimum atomic E-state index is -2.34. The Balaban J connectivity index is 2.18. The zero-order chi connectivity index (χ0) is 21.8. The van der Waals surface area contributed by atoms with E-state index in [0.29, 0.717) is 0 Å². The number of carboxylic acids is 1. The summed E-state index contributed by atoms with van der Waals surface area (Å²) in [5.74, 6) is -0.737. The number of aliphatic carboxylic acids is 1. The first-order valence-corrected chi connectivity index (χ1v) is 12.8. The van der Waals surface area contributed by atoms with Gasteiger partial charge in [-0.1, -0.05) is 0 Å². The van der Waals surface area contributed by atoms with Gasteiger partial charge in [0.2, 0.25) is 0 Å². The van der Waals surface area contributed by atoms with Crippen molar-refractivity contribution in [3.8, 4) is 0 Å². The fourth-order valence-corrected chi connectivity index (χ4v) is 9.35. The molecule has 1 N–H and O–H groups in total. The molecule has 158 valence electrons. The van der Waals surface area contributed by atoms with Gasteiger partial charge in [-0.05, 0) is 0 Å². The number of hydrogen-bond donors (Lipinski definition) is 1. The Kier molecular flexibility index (Phi) is 6.48. The van der Waals surface area contributed by atoms with Gasteiger partial charge >= 0.3 is 181 Å². The van der Waals surface area contributed by atoms with Gasteiger partial charge in [0.1, 0.15) is 0 Å². The van der Waals surface area contributed by atoms with Crippen molar-refractivity contribution in [2.75, 3.05) is 6.16 Å². The fourth-order valence-electron chi connectivity index (χ4n) is 4.20. The Morgan fingerprint density at radius 2 is 1.03 bits per heavy atom. The van der Waals surface area contributed by atoms with Crippen LogP contribution in [-0.2, 0) is 4.79 Å². The zero-order valence-corrected chi connectivity index (χ0v) is 19.4. The summed E-state index contributed by atoms with van der Waals surface area (Å²) in [6, 6.07) is 32.4. The van der Waals surface area contributed by atoms with E-state index in [1.807, 2.05) is 13.8 Å². The van der Waals surface area contributed by atoms with Crippen LogP contribution in [0.5, 0.6) is 0 Å². The summed E-state index contributed by atoms with van der Waals surface area (Å²) in [7, 11) is -2.34. The molecular formula is C27H33O2P. The Labute approximate surface area is 181 Å². The zero-order valence-electron chi connectivity index (χ0n) is 18.4. The minimum absolute atomic E-state index is 0.352. The van der Waals surface area contributed by atoms with Crippen molar-refractivity contribution < 1.29 is 9.90 Å². The maximum absolute atomic E-state index is 12.0. The predicted octanol–water partition coefficient (Wildman–Crippen LogP) is 5.24. The molecule has 0 aromatic heterocycles. The van der Waals surface area contributed by atoms with Crippen molar-refractivity contribution in [1.29, 1.82) is 0 Å². The molecule has 0 bridgehead atoms. The average molecular weight is 421 g/mol. The van der Waals surface area contributed by atoms with Gasteiger partial charge in [0.25, 0.3) is 0 Å². The van der Waals surface area contributed by atoms with Crippen LogP contribution in [0.15, 0.2) is 91.0 Å². The van der Waals surface area contributed by atoms with Crippen molar-refractivity contribution in [3.05, 3.63) is 91.0 Å². The Morgan fingerprint density at radius 3 is 1.33 bits per heavy atom. The summed E-state index contributed by atoms with van der Waals surface area (Å²) in [4.78, 5) is 12.0. The van der Waals surface area contributed by atoms with Crippen molar-refractivity contribution in [1.82, 2.24) is 0 Å². The molecule has 0 radical (unpaired) electrons. The van der Waals surface area contributed by atoms with Crippen LogP contribution in [-0.4, -0.2) is 17.2 Å². The second-order valence-corrected chi connectivity index (χ2v) is 13.4. The standard InChI is InChI=1S/C27H33O2P/c1-26(2,27(3,4)25(28)29)20-21-30(22-14-8-5-9-15-22,23-16-10-6-11-17-23)24-18-12-7-13-19-24/h5-19,30H,20-21H2,1-4H3,(H,28,29).